The van der Waals surface area contributed by atoms with E-state index in [9.17, 15) is 4.79 Å². The van der Waals surface area contributed by atoms with Crippen LogP contribution < -0.4 is 16.0 Å². The lowest BCUT2D eigenvalue weighted by Crippen LogP contribution is -2.38. The van der Waals surface area contributed by atoms with Crippen molar-refractivity contribution in [2.75, 3.05) is 10.6 Å². The van der Waals surface area contributed by atoms with Crippen molar-refractivity contribution in [3.63, 3.8) is 0 Å². The van der Waals surface area contributed by atoms with Gasteiger partial charge in [0.1, 0.15) is 0 Å². The van der Waals surface area contributed by atoms with Crippen LogP contribution >= 0.6 is 0 Å². The quantitative estimate of drug-likeness (QED) is 0.515. The lowest BCUT2D eigenvalue weighted by Gasteiger charge is -2.24. The van der Waals surface area contributed by atoms with Gasteiger partial charge < -0.3 is 16.0 Å². The van der Waals surface area contributed by atoms with Crippen LogP contribution in [0.2, 0.25) is 0 Å². The number of amides is 2. The minimum absolute atomic E-state index is 0.0873. The van der Waals surface area contributed by atoms with Crippen molar-refractivity contribution in [2.45, 2.75) is 82.7 Å². The average Bonchev–Trinajstić information content (AvgIpc) is 2.78. The van der Waals surface area contributed by atoms with Crippen LogP contribution in [0.25, 0.3) is 0 Å². The Balaban J connectivity index is 1.25. The zero-order valence-electron chi connectivity index (χ0n) is 18.0. The molecule has 2 amide bonds. The summed E-state index contributed by atoms with van der Waals surface area (Å²) in [6, 6.07) is 17.9. The minimum Gasteiger partial charge on any atom is -0.382 e. The first-order valence-corrected chi connectivity index (χ1v) is 11.8. The molecule has 2 aliphatic carbocycles. The van der Waals surface area contributed by atoms with Crippen LogP contribution in [0.4, 0.5) is 16.2 Å². The molecule has 4 nitrogen and oxygen atoms in total. The molecule has 30 heavy (non-hydrogen) atoms. The summed E-state index contributed by atoms with van der Waals surface area (Å²) in [5.74, 6) is 0. The third-order valence-electron chi connectivity index (χ3n) is 6.49. The van der Waals surface area contributed by atoms with Gasteiger partial charge in [0.15, 0.2) is 0 Å². The van der Waals surface area contributed by atoms with Crippen LogP contribution in [0.3, 0.4) is 0 Å². The molecule has 3 N–H and O–H groups in total. The van der Waals surface area contributed by atoms with E-state index in [0.29, 0.717) is 12.1 Å². The van der Waals surface area contributed by atoms with Crippen molar-refractivity contribution in [1.29, 1.82) is 0 Å². The Morgan fingerprint density at radius 1 is 0.667 bits per heavy atom. The Hall–Kier alpha value is -2.49. The lowest BCUT2D eigenvalue weighted by atomic mass is 9.95. The maximum atomic E-state index is 12.2. The van der Waals surface area contributed by atoms with Gasteiger partial charge in [-0.05, 0) is 67.5 Å². The summed E-state index contributed by atoms with van der Waals surface area (Å²) in [5.41, 5.74) is 4.63. The first-order chi connectivity index (χ1) is 14.7. The zero-order valence-corrected chi connectivity index (χ0v) is 18.0. The fraction of sp³-hybridized carbons (Fsp3) is 0.500. The standard InChI is InChI=1S/C26H35N3O/c30-26(28-23-9-5-2-6-10-23)29-25-17-13-21(14-18-25)19-20-11-15-24(16-12-20)27-22-7-3-1-4-8-22/h11-18,22-23,27H,1-10,19H2,(H2,28,29,30). The monoisotopic (exact) mass is 405 g/mol. The fourth-order valence-corrected chi connectivity index (χ4v) is 4.74. The van der Waals surface area contributed by atoms with Crippen LogP contribution in [0.5, 0.6) is 0 Å². The molecule has 4 heteroatoms. The molecular formula is C26H35N3O. The number of hydrogen-bond acceptors (Lipinski definition) is 2. The third kappa shape index (κ3) is 6.25. The van der Waals surface area contributed by atoms with Crippen LogP contribution in [-0.2, 0) is 6.42 Å². The van der Waals surface area contributed by atoms with Gasteiger partial charge in [-0.25, -0.2) is 4.79 Å². The molecule has 2 aromatic carbocycles. The average molecular weight is 406 g/mol. The number of benzene rings is 2. The smallest absolute Gasteiger partial charge is 0.319 e. The maximum Gasteiger partial charge on any atom is 0.319 e. The van der Waals surface area contributed by atoms with E-state index in [4.69, 9.17) is 0 Å². The van der Waals surface area contributed by atoms with Crippen LogP contribution in [-0.4, -0.2) is 18.1 Å². The number of nitrogens with one attached hydrogen (secondary N) is 3. The van der Waals surface area contributed by atoms with Gasteiger partial charge in [-0.3, -0.25) is 0 Å². The second-order valence-electron chi connectivity index (χ2n) is 8.98. The number of hydrogen-bond donors (Lipinski definition) is 3. The Morgan fingerprint density at radius 2 is 1.17 bits per heavy atom. The van der Waals surface area contributed by atoms with E-state index in [0.717, 1.165) is 24.9 Å². The van der Waals surface area contributed by atoms with Crippen LogP contribution in [0, 0.1) is 0 Å². The van der Waals surface area contributed by atoms with Gasteiger partial charge in [0.05, 0.1) is 0 Å². The molecule has 0 aliphatic heterocycles. The van der Waals surface area contributed by atoms with Gasteiger partial charge >= 0.3 is 6.03 Å². The molecule has 0 atom stereocenters. The van der Waals surface area contributed by atoms with Gasteiger partial charge in [-0.1, -0.05) is 62.8 Å². The second kappa shape index (κ2) is 10.5. The first-order valence-electron chi connectivity index (χ1n) is 11.8. The molecule has 2 saturated carbocycles. The van der Waals surface area contributed by atoms with Gasteiger partial charge in [0.25, 0.3) is 0 Å². The van der Waals surface area contributed by atoms with Crippen molar-refractivity contribution in [2.24, 2.45) is 0 Å². The van der Waals surface area contributed by atoms with Gasteiger partial charge in [0.2, 0.25) is 0 Å². The number of carbonyl (C=O) groups excluding carboxylic acids is 1. The van der Waals surface area contributed by atoms with Gasteiger partial charge in [-0.2, -0.15) is 0 Å². The molecule has 4 rings (SSSR count). The van der Waals surface area contributed by atoms with E-state index in [1.54, 1.807) is 0 Å². The van der Waals surface area contributed by atoms with Crippen molar-refractivity contribution in [1.82, 2.24) is 5.32 Å². The van der Waals surface area contributed by atoms with Crippen LogP contribution in [0.15, 0.2) is 48.5 Å². The highest BCUT2D eigenvalue weighted by atomic mass is 16.2. The molecule has 2 fully saturated rings. The molecule has 0 radical (unpaired) electrons. The van der Waals surface area contributed by atoms with Gasteiger partial charge in [-0.15, -0.1) is 0 Å². The summed E-state index contributed by atoms with van der Waals surface area (Å²) < 4.78 is 0. The zero-order chi connectivity index (χ0) is 20.6. The predicted octanol–water partition coefficient (Wildman–Crippen LogP) is 6.48. The predicted molar refractivity (Wildman–Crippen MR) is 125 cm³/mol. The van der Waals surface area contributed by atoms with E-state index in [2.05, 4.69) is 52.3 Å². The molecule has 160 valence electrons. The molecule has 0 bridgehead atoms. The number of anilines is 2. The maximum absolute atomic E-state index is 12.2. The minimum atomic E-state index is -0.0873. The molecule has 0 heterocycles. The third-order valence-corrected chi connectivity index (χ3v) is 6.49. The SMILES string of the molecule is O=C(Nc1ccc(Cc2ccc(NC3CCCCC3)cc2)cc1)NC1CCCCC1. The Morgan fingerprint density at radius 3 is 1.73 bits per heavy atom. The normalized spacial score (nSPS) is 18.0. The molecule has 0 saturated heterocycles. The van der Waals surface area contributed by atoms with Crippen molar-refractivity contribution < 1.29 is 4.79 Å². The van der Waals surface area contributed by atoms with E-state index in [1.807, 2.05) is 12.1 Å². The van der Waals surface area contributed by atoms with Crippen LogP contribution in [0.1, 0.15) is 75.3 Å². The summed E-state index contributed by atoms with van der Waals surface area (Å²) in [7, 11) is 0. The van der Waals surface area contributed by atoms with E-state index in [-0.39, 0.29) is 6.03 Å². The summed E-state index contributed by atoms with van der Waals surface area (Å²) in [6.07, 6.45) is 13.5. The van der Waals surface area contributed by atoms with E-state index in [1.165, 1.54) is 68.2 Å². The van der Waals surface area contributed by atoms with E-state index >= 15 is 0 Å². The highest BCUT2D eigenvalue weighted by Crippen LogP contribution is 2.23. The number of urea groups is 1. The lowest BCUT2D eigenvalue weighted by molar-refractivity contribution is 0.244. The molecular weight excluding hydrogens is 370 g/mol. The topological polar surface area (TPSA) is 53.2 Å². The summed E-state index contributed by atoms with van der Waals surface area (Å²) in [6.45, 7) is 0. The first kappa shape index (κ1) is 20.8. The van der Waals surface area contributed by atoms with Gasteiger partial charge in [0, 0.05) is 23.5 Å². The van der Waals surface area contributed by atoms with Crippen molar-refractivity contribution in [3.05, 3.63) is 59.7 Å². The fourth-order valence-electron chi connectivity index (χ4n) is 4.74. The molecule has 0 unspecified atom stereocenters. The van der Waals surface area contributed by atoms with Crippen molar-refractivity contribution >= 4 is 17.4 Å². The Kier molecular flexibility index (Phi) is 7.28. The summed E-state index contributed by atoms with van der Waals surface area (Å²) in [4.78, 5) is 12.2. The summed E-state index contributed by atoms with van der Waals surface area (Å²) >= 11 is 0. The van der Waals surface area contributed by atoms with E-state index < -0.39 is 0 Å². The number of rotatable bonds is 6. The van der Waals surface area contributed by atoms with Crippen molar-refractivity contribution in [3.8, 4) is 0 Å². The Labute approximate surface area is 180 Å². The molecule has 2 aliphatic rings. The Bertz CT molecular complexity index is 788. The molecule has 0 spiro atoms. The second-order valence-corrected chi connectivity index (χ2v) is 8.98. The summed E-state index contributed by atoms with van der Waals surface area (Å²) in [5, 5.41) is 9.75. The highest BCUT2D eigenvalue weighted by molar-refractivity contribution is 5.89. The molecule has 2 aromatic rings. The largest absolute Gasteiger partial charge is 0.382 e. The molecule has 0 aromatic heterocycles. The number of carbonyl (C=O) groups is 1. The highest BCUT2D eigenvalue weighted by Gasteiger charge is 2.15.